The zero-order valence-corrected chi connectivity index (χ0v) is 24.1. The van der Waals surface area contributed by atoms with Gasteiger partial charge in [0.1, 0.15) is 5.82 Å². The lowest BCUT2D eigenvalue weighted by molar-refractivity contribution is -0.137. The van der Waals surface area contributed by atoms with E-state index in [9.17, 15) is 18.8 Å². The molecule has 0 radical (unpaired) electrons. The SMILES string of the molecule is COc1cc(/C=C2/SC(=S)N(c3cccc(C(=O)Nc4ccc(F)cc4)c3)C2=O)ccc1OCC(=O)N1CCOCC1. The maximum absolute atomic E-state index is 13.4. The Morgan fingerprint density at radius 1 is 1.07 bits per heavy atom. The zero-order valence-electron chi connectivity index (χ0n) is 22.5. The summed E-state index contributed by atoms with van der Waals surface area (Å²) in [6.45, 7) is 1.95. The van der Waals surface area contributed by atoms with Crippen LogP contribution in [-0.4, -0.2) is 67.0 Å². The number of carbonyl (C=O) groups is 3. The van der Waals surface area contributed by atoms with E-state index in [1.807, 2.05) is 0 Å². The second kappa shape index (κ2) is 13.1. The number of nitrogens with one attached hydrogen (secondary N) is 1. The second-order valence-electron chi connectivity index (χ2n) is 9.22. The Morgan fingerprint density at radius 2 is 1.83 bits per heavy atom. The van der Waals surface area contributed by atoms with Gasteiger partial charge in [-0.1, -0.05) is 36.1 Å². The van der Waals surface area contributed by atoms with Gasteiger partial charge in [0.2, 0.25) is 0 Å². The number of hydrogen-bond donors (Lipinski definition) is 1. The highest BCUT2D eigenvalue weighted by atomic mass is 32.2. The first kappa shape index (κ1) is 29.2. The number of methoxy groups -OCH3 is 1. The molecule has 3 aromatic rings. The van der Waals surface area contributed by atoms with Gasteiger partial charge >= 0.3 is 0 Å². The molecule has 0 spiro atoms. The molecule has 3 aromatic carbocycles. The Kier molecular flexibility index (Phi) is 9.15. The minimum Gasteiger partial charge on any atom is -0.493 e. The minimum absolute atomic E-state index is 0.130. The maximum Gasteiger partial charge on any atom is 0.270 e. The van der Waals surface area contributed by atoms with Crippen molar-refractivity contribution in [3.8, 4) is 11.5 Å². The highest BCUT2D eigenvalue weighted by Crippen LogP contribution is 2.37. The van der Waals surface area contributed by atoms with E-state index in [-0.39, 0.29) is 18.4 Å². The molecule has 12 heteroatoms. The number of thioether (sulfide) groups is 1. The maximum atomic E-state index is 13.4. The van der Waals surface area contributed by atoms with Crippen LogP contribution >= 0.6 is 24.0 Å². The molecular weight excluding hydrogens is 581 g/mol. The van der Waals surface area contributed by atoms with Crippen molar-refractivity contribution in [3.63, 3.8) is 0 Å². The van der Waals surface area contributed by atoms with Crippen LogP contribution in [0.2, 0.25) is 0 Å². The summed E-state index contributed by atoms with van der Waals surface area (Å²) in [7, 11) is 1.49. The van der Waals surface area contributed by atoms with Gasteiger partial charge in [-0.15, -0.1) is 0 Å². The number of benzene rings is 3. The summed E-state index contributed by atoms with van der Waals surface area (Å²) in [5.74, 6) is -0.475. The molecule has 0 saturated carbocycles. The van der Waals surface area contributed by atoms with Gasteiger partial charge < -0.3 is 24.4 Å². The van der Waals surface area contributed by atoms with Crippen molar-refractivity contribution in [2.45, 2.75) is 0 Å². The predicted octanol–water partition coefficient (Wildman–Crippen LogP) is 4.73. The third-order valence-corrected chi connectivity index (χ3v) is 7.76. The molecular formula is C30H26FN3O6S2. The standard InChI is InChI=1S/C30H26FN3O6S2/c1-38-25-15-19(5-10-24(25)40-18-27(35)33-11-13-39-14-12-33)16-26-29(37)34(30(41)42-26)23-4-2-3-20(17-23)28(36)32-22-8-6-21(31)7-9-22/h2-10,15-17H,11-14,18H2,1H3,(H,32,36)/b26-16+. The number of hydrogen-bond acceptors (Lipinski definition) is 8. The molecule has 0 aromatic heterocycles. The van der Waals surface area contributed by atoms with Gasteiger partial charge in [-0.05, 0) is 66.2 Å². The van der Waals surface area contributed by atoms with Crippen molar-refractivity contribution in [2.75, 3.05) is 50.2 Å². The smallest absolute Gasteiger partial charge is 0.270 e. The quantitative estimate of drug-likeness (QED) is 0.290. The van der Waals surface area contributed by atoms with Gasteiger partial charge in [-0.3, -0.25) is 19.3 Å². The Morgan fingerprint density at radius 3 is 2.57 bits per heavy atom. The van der Waals surface area contributed by atoms with Crippen LogP contribution in [0, 0.1) is 5.82 Å². The van der Waals surface area contributed by atoms with Crippen LogP contribution in [-0.2, 0) is 14.3 Å². The summed E-state index contributed by atoms with van der Waals surface area (Å²) in [5, 5.41) is 2.71. The summed E-state index contributed by atoms with van der Waals surface area (Å²) in [6.07, 6.45) is 1.69. The minimum atomic E-state index is -0.412. The molecule has 9 nitrogen and oxygen atoms in total. The Labute approximate surface area is 251 Å². The molecule has 0 unspecified atom stereocenters. The van der Waals surface area contributed by atoms with Crippen LogP contribution in [0.3, 0.4) is 0 Å². The van der Waals surface area contributed by atoms with Gasteiger partial charge in [0, 0.05) is 24.3 Å². The number of anilines is 2. The fourth-order valence-electron chi connectivity index (χ4n) is 4.30. The number of carbonyl (C=O) groups excluding carboxylic acids is 3. The Balaban J connectivity index is 1.28. The molecule has 0 bridgehead atoms. The highest BCUT2D eigenvalue weighted by molar-refractivity contribution is 8.27. The largest absolute Gasteiger partial charge is 0.493 e. The number of morpholine rings is 1. The molecule has 2 saturated heterocycles. The van der Waals surface area contributed by atoms with Crippen LogP contribution in [0.15, 0.2) is 71.6 Å². The third-order valence-electron chi connectivity index (χ3n) is 6.46. The first-order valence-electron chi connectivity index (χ1n) is 12.9. The van der Waals surface area contributed by atoms with E-state index in [1.165, 1.54) is 36.3 Å². The molecule has 2 heterocycles. The zero-order chi connectivity index (χ0) is 29.6. The lowest BCUT2D eigenvalue weighted by Crippen LogP contribution is -2.43. The fraction of sp³-hybridized carbons (Fsp3) is 0.200. The third kappa shape index (κ3) is 6.78. The van der Waals surface area contributed by atoms with Crippen LogP contribution in [0.25, 0.3) is 6.08 Å². The van der Waals surface area contributed by atoms with Crippen LogP contribution < -0.4 is 19.7 Å². The number of thiocarbonyl (C=S) groups is 1. The van der Waals surface area contributed by atoms with Crippen LogP contribution in [0.5, 0.6) is 11.5 Å². The van der Waals surface area contributed by atoms with Crippen molar-refractivity contribution >= 4 is 63.5 Å². The summed E-state index contributed by atoms with van der Waals surface area (Å²) >= 11 is 6.64. The van der Waals surface area contributed by atoms with E-state index in [1.54, 1.807) is 53.4 Å². The van der Waals surface area contributed by atoms with E-state index < -0.39 is 11.7 Å². The second-order valence-corrected chi connectivity index (χ2v) is 10.9. The van der Waals surface area contributed by atoms with E-state index in [2.05, 4.69) is 5.32 Å². The molecule has 1 N–H and O–H groups in total. The molecule has 216 valence electrons. The van der Waals surface area contributed by atoms with Gasteiger partial charge in [0.05, 0.1) is 30.9 Å². The summed E-state index contributed by atoms with van der Waals surface area (Å²) in [5.41, 5.74) is 1.86. The number of halogens is 1. The lowest BCUT2D eigenvalue weighted by atomic mass is 10.1. The monoisotopic (exact) mass is 607 g/mol. The summed E-state index contributed by atoms with van der Waals surface area (Å²) in [6, 6.07) is 17.1. The fourth-order valence-corrected chi connectivity index (χ4v) is 5.60. The molecule has 0 aliphatic carbocycles. The van der Waals surface area contributed by atoms with Crippen molar-refractivity contribution in [1.29, 1.82) is 0 Å². The van der Waals surface area contributed by atoms with E-state index in [0.717, 1.165) is 11.8 Å². The van der Waals surface area contributed by atoms with E-state index in [0.29, 0.717) is 69.5 Å². The van der Waals surface area contributed by atoms with Crippen LogP contribution in [0.4, 0.5) is 15.8 Å². The van der Waals surface area contributed by atoms with Gasteiger partial charge in [0.15, 0.2) is 22.4 Å². The Hall–Kier alpha value is -4.26. The van der Waals surface area contributed by atoms with E-state index in [4.69, 9.17) is 26.4 Å². The van der Waals surface area contributed by atoms with Crippen molar-refractivity contribution in [1.82, 2.24) is 4.90 Å². The van der Waals surface area contributed by atoms with Gasteiger partial charge in [0.25, 0.3) is 17.7 Å². The molecule has 3 amide bonds. The lowest BCUT2D eigenvalue weighted by Gasteiger charge is -2.26. The summed E-state index contributed by atoms with van der Waals surface area (Å²) in [4.78, 5) is 42.0. The molecule has 5 rings (SSSR count). The molecule has 0 atom stereocenters. The molecule has 2 fully saturated rings. The van der Waals surface area contributed by atoms with Crippen molar-refractivity contribution in [3.05, 3.63) is 88.6 Å². The number of amides is 3. The molecule has 42 heavy (non-hydrogen) atoms. The van der Waals surface area contributed by atoms with E-state index >= 15 is 0 Å². The topological polar surface area (TPSA) is 97.4 Å². The van der Waals surface area contributed by atoms with Crippen molar-refractivity contribution in [2.24, 2.45) is 0 Å². The highest BCUT2D eigenvalue weighted by Gasteiger charge is 2.33. The predicted molar refractivity (Wildman–Crippen MR) is 162 cm³/mol. The van der Waals surface area contributed by atoms with Gasteiger partial charge in [-0.2, -0.15) is 0 Å². The average Bonchev–Trinajstić information content (AvgIpc) is 3.29. The van der Waals surface area contributed by atoms with Gasteiger partial charge in [-0.25, -0.2) is 4.39 Å². The number of nitrogens with zero attached hydrogens (tertiary/aromatic N) is 2. The average molecular weight is 608 g/mol. The Bertz CT molecular complexity index is 1560. The first-order valence-corrected chi connectivity index (χ1v) is 14.2. The first-order chi connectivity index (χ1) is 20.3. The number of ether oxygens (including phenoxy) is 3. The van der Waals surface area contributed by atoms with Crippen LogP contribution in [0.1, 0.15) is 15.9 Å². The number of rotatable bonds is 8. The van der Waals surface area contributed by atoms with Crippen molar-refractivity contribution < 1.29 is 33.0 Å². The summed E-state index contributed by atoms with van der Waals surface area (Å²) < 4.78 is 30.0. The molecule has 2 aliphatic heterocycles. The molecule has 2 aliphatic rings. The normalized spacial score (nSPS) is 16.1.